The van der Waals surface area contributed by atoms with Crippen LogP contribution in [0.2, 0.25) is 0 Å². The SMILES string of the molecule is CC(N)CC(=O)NC1CCN(Cc2ccccc2)CC1C. The number of nitrogens with one attached hydrogen (secondary N) is 1. The van der Waals surface area contributed by atoms with Gasteiger partial charge in [0, 0.05) is 38.1 Å². The van der Waals surface area contributed by atoms with Crippen LogP contribution in [0.1, 0.15) is 32.3 Å². The smallest absolute Gasteiger partial charge is 0.221 e. The van der Waals surface area contributed by atoms with Gasteiger partial charge in [-0.3, -0.25) is 9.69 Å². The van der Waals surface area contributed by atoms with Crippen molar-refractivity contribution in [3.63, 3.8) is 0 Å². The van der Waals surface area contributed by atoms with Gasteiger partial charge in [-0.15, -0.1) is 0 Å². The summed E-state index contributed by atoms with van der Waals surface area (Å²) in [5.74, 6) is 0.554. The number of amides is 1. The number of benzene rings is 1. The maximum absolute atomic E-state index is 11.8. The highest BCUT2D eigenvalue weighted by Crippen LogP contribution is 2.19. The summed E-state index contributed by atoms with van der Waals surface area (Å²) >= 11 is 0. The first-order chi connectivity index (χ1) is 10.0. The molecule has 1 saturated heterocycles. The van der Waals surface area contributed by atoms with Crippen LogP contribution in [0.3, 0.4) is 0 Å². The van der Waals surface area contributed by atoms with Gasteiger partial charge < -0.3 is 11.1 Å². The molecule has 0 bridgehead atoms. The van der Waals surface area contributed by atoms with Crippen molar-refractivity contribution >= 4 is 5.91 Å². The second-order valence-electron chi connectivity index (χ2n) is 6.34. The molecular weight excluding hydrogens is 262 g/mol. The van der Waals surface area contributed by atoms with E-state index >= 15 is 0 Å². The van der Waals surface area contributed by atoms with Gasteiger partial charge in [0.05, 0.1) is 0 Å². The molecule has 1 aliphatic heterocycles. The monoisotopic (exact) mass is 289 g/mol. The van der Waals surface area contributed by atoms with Crippen molar-refractivity contribution in [3.8, 4) is 0 Å². The van der Waals surface area contributed by atoms with Crippen LogP contribution in [-0.4, -0.2) is 36.0 Å². The molecule has 3 atom stereocenters. The van der Waals surface area contributed by atoms with E-state index in [9.17, 15) is 4.79 Å². The zero-order valence-electron chi connectivity index (χ0n) is 13.1. The average Bonchev–Trinajstić information content (AvgIpc) is 2.42. The molecule has 3 N–H and O–H groups in total. The van der Waals surface area contributed by atoms with Gasteiger partial charge >= 0.3 is 0 Å². The summed E-state index contributed by atoms with van der Waals surface area (Å²) in [4.78, 5) is 14.3. The molecule has 116 valence electrons. The van der Waals surface area contributed by atoms with Gasteiger partial charge in [0.1, 0.15) is 0 Å². The van der Waals surface area contributed by atoms with Crippen LogP contribution in [0.4, 0.5) is 0 Å². The predicted octanol–water partition coefficient (Wildman–Crippen LogP) is 1.75. The van der Waals surface area contributed by atoms with Gasteiger partial charge in [-0.2, -0.15) is 0 Å². The number of rotatable bonds is 5. The Hall–Kier alpha value is -1.39. The Kier molecular flexibility index (Phi) is 5.76. The summed E-state index contributed by atoms with van der Waals surface area (Å²) < 4.78 is 0. The molecule has 1 fully saturated rings. The lowest BCUT2D eigenvalue weighted by atomic mass is 9.93. The van der Waals surface area contributed by atoms with Gasteiger partial charge in [0.25, 0.3) is 0 Å². The van der Waals surface area contributed by atoms with E-state index in [-0.39, 0.29) is 18.0 Å². The van der Waals surface area contributed by atoms with Gasteiger partial charge in [-0.25, -0.2) is 0 Å². The Bertz CT molecular complexity index is 447. The average molecular weight is 289 g/mol. The van der Waals surface area contributed by atoms with Gasteiger partial charge in [0.2, 0.25) is 5.91 Å². The fourth-order valence-corrected chi connectivity index (χ4v) is 2.99. The van der Waals surface area contributed by atoms with E-state index in [2.05, 4.69) is 41.4 Å². The second-order valence-corrected chi connectivity index (χ2v) is 6.34. The third-order valence-corrected chi connectivity index (χ3v) is 4.09. The highest BCUT2D eigenvalue weighted by atomic mass is 16.1. The van der Waals surface area contributed by atoms with Crippen LogP contribution in [-0.2, 0) is 11.3 Å². The molecule has 0 saturated carbocycles. The summed E-state index contributed by atoms with van der Waals surface area (Å²) in [5, 5.41) is 3.14. The Labute approximate surface area is 127 Å². The summed E-state index contributed by atoms with van der Waals surface area (Å²) in [6, 6.07) is 10.8. The van der Waals surface area contributed by atoms with Crippen LogP contribution in [0, 0.1) is 5.92 Å². The van der Waals surface area contributed by atoms with E-state index in [0.717, 1.165) is 26.1 Å². The molecule has 1 amide bonds. The minimum Gasteiger partial charge on any atom is -0.353 e. The number of likely N-dealkylation sites (tertiary alicyclic amines) is 1. The molecule has 1 aromatic rings. The quantitative estimate of drug-likeness (QED) is 0.868. The van der Waals surface area contributed by atoms with Gasteiger partial charge in [-0.1, -0.05) is 37.3 Å². The van der Waals surface area contributed by atoms with Crippen LogP contribution < -0.4 is 11.1 Å². The number of carbonyl (C=O) groups excluding carboxylic acids is 1. The van der Waals surface area contributed by atoms with Crippen molar-refractivity contribution in [2.24, 2.45) is 11.7 Å². The largest absolute Gasteiger partial charge is 0.353 e. The van der Waals surface area contributed by atoms with Crippen LogP contribution >= 0.6 is 0 Å². The Morgan fingerprint density at radius 2 is 2.14 bits per heavy atom. The first kappa shape index (κ1) is 16.0. The zero-order valence-corrected chi connectivity index (χ0v) is 13.1. The Morgan fingerprint density at radius 1 is 1.43 bits per heavy atom. The standard InChI is InChI=1S/C17H27N3O/c1-13-11-20(12-15-6-4-3-5-7-15)9-8-16(13)19-17(21)10-14(2)18/h3-7,13-14,16H,8-12,18H2,1-2H3,(H,19,21). The van der Waals surface area contributed by atoms with Crippen molar-refractivity contribution in [2.45, 2.75) is 45.3 Å². The third-order valence-electron chi connectivity index (χ3n) is 4.09. The molecule has 0 aliphatic carbocycles. The number of piperidine rings is 1. The first-order valence-electron chi connectivity index (χ1n) is 7.86. The van der Waals surface area contributed by atoms with Crippen molar-refractivity contribution in [1.29, 1.82) is 0 Å². The molecule has 4 nitrogen and oxygen atoms in total. The summed E-state index contributed by atoms with van der Waals surface area (Å²) in [6.07, 6.45) is 1.43. The third kappa shape index (κ3) is 5.14. The fourth-order valence-electron chi connectivity index (χ4n) is 2.99. The van der Waals surface area contributed by atoms with E-state index in [1.54, 1.807) is 0 Å². The number of nitrogens with two attached hydrogens (primary N) is 1. The molecule has 0 spiro atoms. The van der Waals surface area contributed by atoms with Gasteiger partial charge in [0.15, 0.2) is 0 Å². The highest BCUT2D eigenvalue weighted by Gasteiger charge is 2.27. The van der Waals surface area contributed by atoms with Crippen molar-refractivity contribution in [2.75, 3.05) is 13.1 Å². The molecule has 4 heteroatoms. The molecular formula is C17H27N3O. The number of carbonyl (C=O) groups is 1. The van der Waals surface area contributed by atoms with E-state index in [1.807, 2.05) is 13.0 Å². The summed E-state index contributed by atoms with van der Waals surface area (Å²) in [5.41, 5.74) is 7.02. The lowest BCUT2D eigenvalue weighted by Crippen LogP contribution is -2.50. The van der Waals surface area contributed by atoms with Crippen molar-refractivity contribution < 1.29 is 4.79 Å². The maximum Gasteiger partial charge on any atom is 0.221 e. The topological polar surface area (TPSA) is 58.4 Å². The molecule has 3 unspecified atom stereocenters. The minimum atomic E-state index is -0.0709. The Morgan fingerprint density at radius 3 is 2.76 bits per heavy atom. The van der Waals surface area contributed by atoms with Crippen molar-refractivity contribution in [3.05, 3.63) is 35.9 Å². The molecule has 1 aromatic carbocycles. The second kappa shape index (κ2) is 7.57. The highest BCUT2D eigenvalue weighted by molar-refractivity contribution is 5.76. The van der Waals surface area contributed by atoms with Crippen LogP contribution in [0.5, 0.6) is 0 Å². The summed E-state index contributed by atoms with van der Waals surface area (Å²) in [7, 11) is 0. The van der Waals surface area contributed by atoms with Crippen LogP contribution in [0.15, 0.2) is 30.3 Å². The van der Waals surface area contributed by atoms with E-state index in [1.165, 1.54) is 5.56 Å². The van der Waals surface area contributed by atoms with E-state index in [4.69, 9.17) is 5.73 Å². The first-order valence-corrected chi connectivity index (χ1v) is 7.86. The molecule has 1 heterocycles. The maximum atomic E-state index is 11.8. The molecule has 21 heavy (non-hydrogen) atoms. The molecule has 0 radical (unpaired) electrons. The lowest BCUT2D eigenvalue weighted by molar-refractivity contribution is -0.122. The molecule has 0 aromatic heterocycles. The number of hydrogen-bond acceptors (Lipinski definition) is 3. The number of nitrogens with zero attached hydrogens (tertiary/aromatic N) is 1. The fraction of sp³-hybridized carbons (Fsp3) is 0.588. The van der Waals surface area contributed by atoms with Gasteiger partial charge in [-0.05, 0) is 24.8 Å². The number of hydrogen-bond donors (Lipinski definition) is 2. The molecule has 2 rings (SSSR count). The summed E-state index contributed by atoms with van der Waals surface area (Å²) in [6.45, 7) is 7.13. The predicted molar refractivity (Wildman–Crippen MR) is 85.7 cm³/mol. The normalized spacial score (nSPS) is 24.5. The zero-order chi connectivity index (χ0) is 15.2. The van der Waals surface area contributed by atoms with E-state index < -0.39 is 0 Å². The minimum absolute atomic E-state index is 0.0709. The van der Waals surface area contributed by atoms with Crippen LogP contribution in [0.25, 0.3) is 0 Å². The van der Waals surface area contributed by atoms with E-state index in [0.29, 0.717) is 12.3 Å². The Balaban J connectivity index is 1.80. The van der Waals surface area contributed by atoms with Crippen molar-refractivity contribution in [1.82, 2.24) is 10.2 Å². The lowest BCUT2D eigenvalue weighted by Gasteiger charge is -2.37. The molecule has 1 aliphatic rings.